The molecule has 0 spiro atoms. The molecule has 3 fully saturated rings. The first-order valence-electron chi connectivity index (χ1n) is 5.23. The second-order valence-electron chi connectivity index (χ2n) is 4.43. The number of rotatable bonds is 2. The monoisotopic (exact) mass is 189 g/mol. The third-order valence-electron chi connectivity index (χ3n) is 3.58. The maximum Gasteiger partial charge on any atom is 0.0312 e. The van der Waals surface area contributed by atoms with Gasteiger partial charge in [0.25, 0.3) is 0 Å². The van der Waals surface area contributed by atoms with Crippen LogP contribution < -0.4 is 5.73 Å². The lowest BCUT2D eigenvalue weighted by Crippen LogP contribution is -2.49. The lowest BCUT2D eigenvalue weighted by atomic mass is 9.81. The molecule has 0 aromatic carbocycles. The molecule has 3 nitrogen and oxygen atoms in total. The Labute approximate surface area is 83.9 Å². The van der Waals surface area contributed by atoms with Crippen LogP contribution in [0.15, 0.2) is 24.5 Å². The van der Waals surface area contributed by atoms with Gasteiger partial charge in [0.2, 0.25) is 0 Å². The van der Waals surface area contributed by atoms with E-state index >= 15 is 0 Å². The number of aromatic nitrogens is 1. The molecular formula is C11H15N3. The van der Waals surface area contributed by atoms with E-state index in [0.717, 1.165) is 12.5 Å². The van der Waals surface area contributed by atoms with Crippen LogP contribution in [0.1, 0.15) is 12.0 Å². The summed E-state index contributed by atoms with van der Waals surface area (Å²) in [7, 11) is 0. The van der Waals surface area contributed by atoms with Crippen LogP contribution in [0.4, 0.5) is 0 Å². The van der Waals surface area contributed by atoms with Gasteiger partial charge in [-0.3, -0.25) is 9.88 Å². The molecule has 3 unspecified atom stereocenters. The lowest BCUT2D eigenvalue weighted by molar-refractivity contribution is 0.208. The van der Waals surface area contributed by atoms with Crippen molar-refractivity contribution in [3.05, 3.63) is 30.1 Å². The zero-order valence-electron chi connectivity index (χ0n) is 8.13. The van der Waals surface area contributed by atoms with Crippen LogP contribution in [0.2, 0.25) is 0 Å². The first kappa shape index (κ1) is 8.38. The highest BCUT2D eigenvalue weighted by atomic mass is 15.2. The van der Waals surface area contributed by atoms with E-state index in [1.54, 1.807) is 0 Å². The Morgan fingerprint density at radius 2 is 2.50 bits per heavy atom. The van der Waals surface area contributed by atoms with Crippen molar-refractivity contribution in [2.45, 2.75) is 25.0 Å². The van der Waals surface area contributed by atoms with Crippen LogP contribution in [0.5, 0.6) is 0 Å². The van der Waals surface area contributed by atoms with Crippen molar-refractivity contribution >= 4 is 0 Å². The Kier molecular flexibility index (Phi) is 1.82. The van der Waals surface area contributed by atoms with E-state index in [4.69, 9.17) is 5.73 Å². The van der Waals surface area contributed by atoms with Gasteiger partial charge in [-0.15, -0.1) is 0 Å². The zero-order valence-corrected chi connectivity index (χ0v) is 8.13. The van der Waals surface area contributed by atoms with Crippen molar-refractivity contribution in [3.63, 3.8) is 0 Å². The predicted molar refractivity (Wildman–Crippen MR) is 54.5 cm³/mol. The average molecular weight is 189 g/mol. The Balaban J connectivity index is 1.69. The Hall–Kier alpha value is -0.930. The molecule has 14 heavy (non-hydrogen) atoms. The van der Waals surface area contributed by atoms with Gasteiger partial charge in [0.15, 0.2) is 0 Å². The molecule has 1 aromatic heterocycles. The highest BCUT2D eigenvalue weighted by Gasteiger charge is 2.49. The number of fused-ring (bicyclic) bond motifs is 1. The van der Waals surface area contributed by atoms with E-state index in [9.17, 15) is 0 Å². The molecule has 74 valence electrons. The first-order chi connectivity index (χ1) is 6.84. The molecule has 2 bridgehead atoms. The van der Waals surface area contributed by atoms with Gasteiger partial charge >= 0.3 is 0 Å². The van der Waals surface area contributed by atoms with Gasteiger partial charge in [-0.2, -0.15) is 0 Å². The van der Waals surface area contributed by atoms with E-state index in [1.807, 2.05) is 18.5 Å². The minimum Gasteiger partial charge on any atom is -0.326 e. The fourth-order valence-corrected chi connectivity index (χ4v) is 2.68. The lowest BCUT2D eigenvalue weighted by Gasteiger charge is -2.33. The molecule has 2 saturated heterocycles. The van der Waals surface area contributed by atoms with Crippen molar-refractivity contribution in [2.24, 2.45) is 11.7 Å². The second-order valence-corrected chi connectivity index (χ2v) is 4.43. The summed E-state index contributed by atoms with van der Waals surface area (Å²) in [5.41, 5.74) is 7.31. The Morgan fingerprint density at radius 1 is 1.57 bits per heavy atom. The number of hydrogen-bond acceptors (Lipinski definition) is 3. The molecule has 1 aliphatic carbocycles. The van der Waals surface area contributed by atoms with Crippen molar-refractivity contribution in [2.75, 3.05) is 6.54 Å². The summed E-state index contributed by atoms with van der Waals surface area (Å²) in [5.74, 6) is 0.761. The average Bonchev–Trinajstić information content (AvgIpc) is 2.75. The second kappa shape index (κ2) is 3.04. The molecule has 3 atom stereocenters. The van der Waals surface area contributed by atoms with Crippen LogP contribution in [-0.4, -0.2) is 28.5 Å². The maximum absolute atomic E-state index is 6.01. The normalized spacial score (nSPS) is 35.6. The highest BCUT2D eigenvalue weighted by Crippen LogP contribution is 2.40. The summed E-state index contributed by atoms with van der Waals surface area (Å²) < 4.78 is 0. The summed E-state index contributed by atoms with van der Waals surface area (Å²) in [6, 6.07) is 5.20. The molecule has 3 heteroatoms. The van der Waals surface area contributed by atoms with E-state index in [0.29, 0.717) is 12.1 Å². The van der Waals surface area contributed by atoms with Gasteiger partial charge in [-0.1, -0.05) is 6.07 Å². The molecule has 1 aromatic rings. The van der Waals surface area contributed by atoms with Gasteiger partial charge in [-0.05, 0) is 24.0 Å². The van der Waals surface area contributed by atoms with Crippen molar-refractivity contribution in [1.82, 2.24) is 9.88 Å². The Bertz CT molecular complexity index is 325. The third kappa shape index (κ3) is 1.16. The van der Waals surface area contributed by atoms with Crippen LogP contribution in [-0.2, 0) is 6.54 Å². The minimum absolute atomic E-state index is 0.437. The Morgan fingerprint density at radius 3 is 3.07 bits per heavy atom. The van der Waals surface area contributed by atoms with Gasteiger partial charge < -0.3 is 5.73 Å². The first-order valence-corrected chi connectivity index (χ1v) is 5.23. The molecular weight excluding hydrogens is 174 g/mol. The molecule has 0 radical (unpaired) electrons. The molecule has 4 rings (SSSR count). The van der Waals surface area contributed by atoms with Crippen molar-refractivity contribution in [1.29, 1.82) is 0 Å². The maximum atomic E-state index is 6.01. The van der Waals surface area contributed by atoms with Crippen LogP contribution in [0.25, 0.3) is 0 Å². The summed E-state index contributed by atoms with van der Waals surface area (Å²) in [5, 5.41) is 0. The number of pyridine rings is 1. The van der Waals surface area contributed by atoms with Gasteiger partial charge in [-0.25, -0.2) is 0 Å². The minimum atomic E-state index is 0.437. The summed E-state index contributed by atoms with van der Waals surface area (Å²) in [4.78, 5) is 6.62. The summed E-state index contributed by atoms with van der Waals surface area (Å²) in [6.45, 7) is 2.20. The standard InChI is InChI=1S/C11H15N3/c12-11-9-4-10(11)14(7-9)6-8-2-1-3-13-5-8/h1-3,5,9-11H,4,6-7,12H2. The zero-order chi connectivity index (χ0) is 9.54. The third-order valence-corrected chi connectivity index (χ3v) is 3.58. The molecule has 3 heterocycles. The number of nitrogens with two attached hydrogens (primary N) is 1. The molecule has 2 N–H and O–H groups in total. The predicted octanol–water partition coefficient (Wildman–Crippen LogP) is 0.613. The molecule has 1 saturated carbocycles. The quantitative estimate of drug-likeness (QED) is 0.741. The van der Waals surface area contributed by atoms with Crippen molar-refractivity contribution < 1.29 is 0 Å². The van der Waals surface area contributed by atoms with E-state index in [1.165, 1.54) is 18.5 Å². The van der Waals surface area contributed by atoms with Crippen LogP contribution in [0, 0.1) is 5.92 Å². The van der Waals surface area contributed by atoms with Gasteiger partial charge in [0, 0.05) is 37.6 Å². The van der Waals surface area contributed by atoms with Crippen LogP contribution >= 0.6 is 0 Å². The van der Waals surface area contributed by atoms with Gasteiger partial charge in [0.05, 0.1) is 0 Å². The summed E-state index contributed by atoms with van der Waals surface area (Å²) >= 11 is 0. The van der Waals surface area contributed by atoms with Crippen molar-refractivity contribution in [3.8, 4) is 0 Å². The fourth-order valence-electron chi connectivity index (χ4n) is 2.68. The fraction of sp³-hybridized carbons (Fsp3) is 0.545. The molecule has 0 amide bonds. The largest absolute Gasteiger partial charge is 0.326 e. The number of nitrogens with zero attached hydrogens (tertiary/aromatic N) is 2. The highest BCUT2D eigenvalue weighted by molar-refractivity contribution is 5.13. The van der Waals surface area contributed by atoms with Gasteiger partial charge in [0.1, 0.15) is 0 Å². The summed E-state index contributed by atoms with van der Waals surface area (Å²) in [6.07, 6.45) is 5.07. The van der Waals surface area contributed by atoms with E-state index < -0.39 is 0 Å². The number of hydrogen-bond donors (Lipinski definition) is 1. The smallest absolute Gasteiger partial charge is 0.0312 e. The topological polar surface area (TPSA) is 42.1 Å². The van der Waals surface area contributed by atoms with E-state index in [2.05, 4.69) is 16.0 Å². The molecule has 3 aliphatic rings. The SMILES string of the molecule is NC1C2CC1N(Cc1cccnc1)C2. The van der Waals surface area contributed by atoms with Crippen LogP contribution in [0.3, 0.4) is 0 Å². The van der Waals surface area contributed by atoms with E-state index in [-0.39, 0.29) is 0 Å². The molecule has 2 aliphatic heterocycles.